The van der Waals surface area contributed by atoms with E-state index in [1.807, 2.05) is 53.4 Å². The van der Waals surface area contributed by atoms with E-state index in [2.05, 4.69) is 16.5 Å². The highest BCUT2D eigenvalue weighted by atomic mass is 32.1. The second-order valence-electron chi connectivity index (χ2n) is 5.02. The van der Waals surface area contributed by atoms with Crippen LogP contribution in [0.15, 0.2) is 54.0 Å². The van der Waals surface area contributed by atoms with Crippen LogP contribution in [0.2, 0.25) is 0 Å². The maximum absolute atomic E-state index is 12.1. The van der Waals surface area contributed by atoms with Crippen LogP contribution in [0.4, 0.5) is 0 Å². The Hall–Kier alpha value is -2.40. The van der Waals surface area contributed by atoms with Gasteiger partial charge < -0.3 is 5.32 Å². The molecule has 0 atom stereocenters. The zero-order valence-corrected chi connectivity index (χ0v) is 13.1. The van der Waals surface area contributed by atoms with E-state index in [0.29, 0.717) is 12.1 Å². The Bertz CT molecular complexity index is 745. The quantitative estimate of drug-likeness (QED) is 0.786. The van der Waals surface area contributed by atoms with Crippen molar-refractivity contribution in [3.05, 3.63) is 70.2 Å². The third kappa shape index (κ3) is 3.26. The molecule has 2 aromatic heterocycles. The summed E-state index contributed by atoms with van der Waals surface area (Å²) in [6.45, 7) is 2.65. The molecule has 0 aliphatic rings. The Labute approximate surface area is 133 Å². The lowest BCUT2D eigenvalue weighted by molar-refractivity contribution is 0.0954. The van der Waals surface area contributed by atoms with Crippen molar-refractivity contribution < 1.29 is 4.79 Å². The molecule has 112 valence electrons. The number of benzene rings is 1. The number of hydrogen-bond donors (Lipinski definition) is 1. The fourth-order valence-electron chi connectivity index (χ4n) is 2.25. The number of thiophene rings is 1. The van der Waals surface area contributed by atoms with Crippen LogP contribution in [0.3, 0.4) is 0 Å². The molecule has 3 rings (SSSR count). The van der Waals surface area contributed by atoms with Crippen molar-refractivity contribution in [2.24, 2.45) is 0 Å². The van der Waals surface area contributed by atoms with Crippen LogP contribution in [0.5, 0.6) is 0 Å². The first-order chi connectivity index (χ1) is 10.7. The van der Waals surface area contributed by atoms with E-state index < -0.39 is 0 Å². The van der Waals surface area contributed by atoms with Crippen LogP contribution < -0.4 is 5.32 Å². The van der Waals surface area contributed by atoms with Gasteiger partial charge in [0.1, 0.15) is 0 Å². The average Bonchev–Trinajstić information content (AvgIpc) is 3.19. The summed E-state index contributed by atoms with van der Waals surface area (Å²) in [7, 11) is 0. The number of aryl methyl sites for hydroxylation is 1. The molecular weight excluding hydrogens is 294 g/mol. The van der Waals surface area contributed by atoms with Crippen LogP contribution in [0.1, 0.15) is 20.9 Å². The summed E-state index contributed by atoms with van der Waals surface area (Å²) >= 11 is 1.71. The molecule has 22 heavy (non-hydrogen) atoms. The fraction of sp³-hybridized carbons (Fsp3) is 0.176. The highest BCUT2D eigenvalue weighted by molar-refractivity contribution is 7.09. The van der Waals surface area contributed by atoms with Gasteiger partial charge in [-0.1, -0.05) is 6.07 Å². The Balaban J connectivity index is 1.60. The summed E-state index contributed by atoms with van der Waals surface area (Å²) in [6, 6.07) is 13.5. The molecule has 2 heterocycles. The molecule has 3 aromatic rings. The van der Waals surface area contributed by atoms with Gasteiger partial charge in [-0.3, -0.25) is 4.79 Å². The van der Waals surface area contributed by atoms with Crippen molar-refractivity contribution in [1.82, 2.24) is 15.1 Å². The van der Waals surface area contributed by atoms with E-state index in [0.717, 1.165) is 17.8 Å². The lowest BCUT2D eigenvalue weighted by Crippen LogP contribution is -2.25. The predicted molar refractivity (Wildman–Crippen MR) is 88.7 cm³/mol. The number of nitrogens with one attached hydrogen (secondary N) is 1. The maximum Gasteiger partial charge on any atom is 0.251 e. The summed E-state index contributed by atoms with van der Waals surface area (Å²) < 4.78 is 1.85. The second kappa shape index (κ2) is 6.58. The molecule has 0 bridgehead atoms. The zero-order chi connectivity index (χ0) is 15.4. The number of carbonyl (C=O) groups excluding carboxylic acids is 1. The van der Waals surface area contributed by atoms with Gasteiger partial charge in [0, 0.05) is 28.9 Å². The van der Waals surface area contributed by atoms with Gasteiger partial charge in [0.2, 0.25) is 0 Å². The highest BCUT2D eigenvalue weighted by Gasteiger charge is 2.06. The molecule has 0 aliphatic heterocycles. The van der Waals surface area contributed by atoms with Crippen molar-refractivity contribution in [3.8, 4) is 5.69 Å². The summed E-state index contributed by atoms with van der Waals surface area (Å²) in [6.07, 6.45) is 2.63. The standard InChI is InChI=1S/C17H17N3OS/c1-13-8-11-19-20(13)15-6-4-14(5-7-15)17(21)18-10-9-16-3-2-12-22-16/h2-8,11-12H,9-10H2,1H3,(H,18,21). The molecule has 0 saturated heterocycles. The van der Waals surface area contributed by atoms with Gasteiger partial charge in [-0.25, -0.2) is 4.68 Å². The highest BCUT2D eigenvalue weighted by Crippen LogP contribution is 2.12. The molecule has 0 fully saturated rings. The van der Waals surface area contributed by atoms with E-state index in [1.165, 1.54) is 4.88 Å². The van der Waals surface area contributed by atoms with Crippen molar-refractivity contribution >= 4 is 17.2 Å². The topological polar surface area (TPSA) is 46.9 Å². The zero-order valence-electron chi connectivity index (χ0n) is 12.3. The number of nitrogens with zero attached hydrogens (tertiary/aromatic N) is 2. The average molecular weight is 311 g/mol. The molecule has 5 heteroatoms. The molecule has 1 amide bonds. The number of rotatable bonds is 5. The first-order valence-electron chi connectivity index (χ1n) is 7.16. The van der Waals surface area contributed by atoms with Crippen LogP contribution in [-0.2, 0) is 6.42 Å². The van der Waals surface area contributed by atoms with E-state index in [4.69, 9.17) is 0 Å². The lowest BCUT2D eigenvalue weighted by Gasteiger charge is -2.07. The van der Waals surface area contributed by atoms with Crippen LogP contribution in [0, 0.1) is 6.92 Å². The number of hydrogen-bond acceptors (Lipinski definition) is 3. The molecule has 0 spiro atoms. The lowest BCUT2D eigenvalue weighted by atomic mass is 10.2. The Morgan fingerprint density at radius 3 is 2.68 bits per heavy atom. The third-order valence-electron chi connectivity index (χ3n) is 3.44. The monoisotopic (exact) mass is 311 g/mol. The van der Waals surface area contributed by atoms with Gasteiger partial charge in [-0.05, 0) is 55.1 Å². The molecule has 0 radical (unpaired) electrons. The van der Waals surface area contributed by atoms with Gasteiger partial charge in [0.05, 0.1) is 5.69 Å². The van der Waals surface area contributed by atoms with Crippen LogP contribution in [0.25, 0.3) is 5.69 Å². The first kappa shape index (κ1) is 14.5. The summed E-state index contributed by atoms with van der Waals surface area (Å²) in [5.74, 6) is -0.0414. The Morgan fingerprint density at radius 2 is 2.05 bits per heavy atom. The molecular formula is C17H17N3OS. The van der Waals surface area contributed by atoms with Crippen LogP contribution >= 0.6 is 11.3 Å². The molecule has 4 nitrogen and oxygen atoms in total. The largest absolute Gasteiger partial charge is 0.352 e. The summed E-state index contributed by atoms with van der Waals surface area (Å²) in [5.41, 5.74) is 2.69. The van der Waals surface area contributed by atoms with Gasteiger partial charge in [0.25, 0.3) is 5.91 Å². The number of carbonyl (C=O) groups is 1. The third-order valence-corrected chi connectivity index (χ3v) is 4.38. The van der Waals surface area contributed by atoms with E-state index in [1.54, 1.807) is 17.5 Å². The Kier molecular flexibility index (Phi) is 4.34. The Morgan fingerprint density at radius 1 is 1.23 bits per heavy atom. The summed E-state index contributed by atoms with van der Waals surface area (Å²) in [5, 5.41) is 9.25. The number of amides is 1. The van der Waals surface area contributed by atoms with Gasteiger partial charge in [-0.15, -0.1) is 11.3 Å². The minimum atomic E-state index is -0.0414. The smallest absolute Gasteiger partial charge is 0.251 e. The molecule has 0 aliphatic carbocycles. The van der Waals surface area contributed by atoms with Gasteiger partial charge >= 0.3 is 0 Å². The van der Waals surface area contributed by atoms with Gasteiger partial charge in [-0.2, -0.15) is 5.10 Å². The summed E-state index contributed by atoms with van der Waals surface area (Å²) in [4.78, 5) is 13.4. The molecule has 0 unspecified atom stereocenters. The second-order valence-corrected chi connectivity index (χ2v) is 6.05. The van der Waals surface area contributed by atoms with Gasteiger partial charge in [0.15, 0.2) is 0 Å². The molecule has 1 N–H and O–H groups in total. The predicted octanol–water partition coefficient (Wildman–Crippen LogP) is 3.21. The maximum atomic E-state index is 12.1. The van der Waals surface area contributed by atoms with E-state index in [9.17, 15) is 4.79 Å². The SMILES string of the molecule is Cc1ccnn1-c1ccc(C(=O)NCCc2cccs2)cc1. The number of aromatic nitrogens is 2. The van der Waals surface area contributed by atoms with E-state index in [-0.39, 0.29) is 5.91 Å². The molecule has 1 aromatic carbocycles. The van der Waals surface area contributed by atoms with Crippen molar-refractivity contribution in [2.45, 2.75) is 13.3 Å². The van der Waals surface area contributed by atoms with Crippen molar-refractivity contribution in [3.63, 3.8) is 0 Å². The van der Waals surface area contributed by atoms with E-state index >= 15 is 0 Å². The first-order valence-corrected chi connectivity index (χ1v) is 8.03. The molecule has 0 saturated carbocycles. The fourth-order valence-corrected chi connectivity index (χ4v) is 2.96. The van der Waals surface area contributed by atoms with Crippen molar-refractivity contribution in [2.75, 3.05) is 6.54 Å². The minimum absolute atomic E-state index is 0.0414. The normalized spacial score (nSPS) is 10.6. The van der Waals surface area contributed by atoms with Crippen molar-refractivity contribution in [1.29, 1.82) is 0 Å². The minimum Gasteiger partial charge on any atom is -0.352 e. The van der Waals surface area contributed by atoms with Crippen LogP contribution in [-0.4, -0.2) is 22.2 Å².